The Labute approximate surface area is 128 Å². The summed E-state index contributed by atoms with van der Waals surface area (Å²) >= 11 is 0. The van der Waals surface area contributed by atoms with Gasteiger partial charge in [-0.2, -0.15) is 0 Å². The van der Waals surface area contributed by atoms with Crippen molar-refractivity contribution in [2.45, 2.75) is 59.9 Å². The van der Waals surface area contributed by atoms with E-state index in [-0.39, 0.29) is 6.61 Å². The van der Waals surface area contributed by atoms with Crippen molar-refractivity contribution in [3.63, 3.8) is 0 Å². The van der Waals surface area contributed by atoms with Crippen molar-refractivity contribution in [3.05, 3.63) is 11.4 Å². The zero-order chi connectivity index (χ0) is 15.8. The Morgan fingerprint density at radius 1 is 1.19 bits per heavy atom. The lowest BCUT2D eigenvalue weighted by molar-refractivity contribution is 0.298. The average Bonchev–Trinajstić information content (AvgIpc) is 2.45. The van der Waals surface area contributed by atoms with Crippen LogP contribution in [0.1, 0.15) is 51.9 Å². The summed E-state index contributed by atoms with van der Waals surface area (Å²) < 4.78 is 0. The standard InChI is InChI=1S/C16H30N4O/c1-6-8-14-18-15(17-9-7-2)13(5)16(19-14)20(10-11-21)12(3)4/h12,21H,6-11H2,1-5H3,(H,17,18,19). The van der Waals surface area contributed by atoms with Gasteiger partial charge in [-0.15, -0.1) is 0 Å². The minimum absolute atomic E-state index is 0.127. The van der Waals surface area contributed by atoms with Crippen LogP contribution in [0.2, 0.25) is 0 Å². The molecule has 0 fully saturated rings. The third-order valence-electron chi connectivity index (χ3n) is 3.42. The first-order chi connectivity index (χ1) is 10.0. The molecule has 21 heavy (non-hydrogen) atoms. The van der Waals surface area contributed by atoms with E-state index in [1.807, 2.05) is 0 Å². The number of hydrogen-bond acceptors (Lipinski definition) is 5. The lowest BCUT2D eigenvalue weighted by atomic mass is 10.2. The van der Waals surface area contributed by atoms with Crippen LogP contribution in [-0.2, 0) is 6.42 Å². The smallest absolute Gasteiger partial charge is 0.137 e. The average molecular weight is 294 g/mol. The molecule has 0 aliphatic heterocycles. The number of anilines is 2. The molecule has 2 N–H and O–H groups in total. The number of nitrogens with zero attached hydrogens (tertiary/aromatic N) is 3. The van der Waals surface area contributed by atoms with Gasteiger partial charge in [0.25, 0.3) is 0 Å². The summed E-state index contributed by atoms with van der Waals surface area (Å²) in [5, 5.41) is 12.7. The Kier molecular flexibility index (Phi) is 7.43. The van der Waals surface area contributed by atoms with Gasteiger partial charge in [0, 0.05) is 31.1 Å². The number of aliphatic hydroxyl groups is 1. The van der Waals surface area contributed by atoms with Gasteiger partial charge in [0.15, 0.2) is 0 Å². The van der Waals surface area contributed by atoms with Gasteiger partial charge < -0.3 is 15.3 Å². The van der Waals surface area contributed by atoms with E-state index in [0.29, 0.717) is 12.6 Å². The van der Waals surface area contributed by atoms with Gasteiger partial charge in [-0.05, 0) is 33.6 Å². The van der Waals surface area contributed by atoms with E-state index in [1.165, 1.54) is 0 Å². The number of aromatic nitrogens is 2. The second-order valence-corrected chi connectivity index (χ2v) is 5.62. The monoisotopic (exact) mass is 294 g/mol. The van der Waals surface area contributed by atoms with E-state index in [1.54, 1.807) is 0 Å². The fraction of sp³-hybridized carbons (Fsp3) is 0.750. The first-order valence-corrected chi connectivity index (χ1v) is 8.03. The van der Waals surface area contributed by atoms with Gasteiger partial charge in [-0.1, -0.05) is 13.8 Å². The minimum atomic E-state index is 0.127. The topological polar surface area (TPSA) is 61.3 Å². The van der Waals surface area contributed by atoms with E-state index in [9.17, 15) is 5.11 Å². The van der Waals surface area contributed by atoms with Crippen LogP contribution in [0.4, 0.5) is 11.6 Å². The van der Waals surface area contributed by atoms with Crippen LogP contribution in [0.25, 0.3) is 0 Å². The van der Waals surface area contributed by atoms with E-state index in [2.05, 4.69) is 49.8 Å². The van der Waals surface area contributed by atoms with E-state index < -0.39 is 0 Å². The Morgan fingerprint density at radius 2 is 1.90 bits per heavy atom. The zero-order valence-electron chi connectivity index (χ0n) is 14.1. The van der Waals surface area contributed by atoms with Gasteiger partial charge in [0.05, 0.1) is 6.61 Å². The van der Waals surface area contributed by atoms with Crippen LogP contribution in [0.5, 0.6) is 0 Å². The molecule has 0 atom stereocenters. The third kappa shape index (κ3) is 4.84. The number of nitrogens with one attached hydrogen (secondary N) is 1. The summed E-state index contributed by atoms with van der Waals surface area (Å²) in [7, 11) is 0. The number of hydrogen-bond donors (Lipinski definition) is 2. The fourth-order valence-corrected chi connectivity index (χ4v) is 2.30. The first-order valence-electron chi connectivity index (χ1n) is 8.03. The quantitative estimate of drug-likeness (QED) is 0.733. The van der Waals surface area contributed by atoms with Gasteiger partial charge in [0.2, 0.25) is 0 Å². The van der Waals surface area contributed by atoms with Crippen LogP contribution in [0.3, 0.4) is 0 Å². The van der Waals surface area contributed by atoms with Crippen LogP contribution >= 0.6 is 0 Å². The van der Waals surface area contributed by atoms with Crippen molar-refractivity contribution >= 4 is 11.6 Å². The highest BCUT2D eigenvalue weighted by Gasteiger charge is 2.18. The molecule has 0 aromatic carbocycles. The van der Waals surface area contributed by atoms with Gasteiger partial charge in [-0.25, -0.2) is 9.97 Å². The Morgan fingerprint density at radius 3 is 2.43 bits per heavy atom. The lowest BCUT2D eigenvalue weighted by Gasteiger charge is -2.29. The van der Waals surface area contributed by atoms with E-state index in [0.717, 1.165) is 48.8 Å². The largest absolute Gasteiger partial charge is 0.395 e. The van der Waals surface area contributed by atoms with Crippen molar-refractivity contribution in [1.29, 1.82) is 0 Å². The zero-order valence-corrected chi connectivity index (χ0v) is 14.1. The Bertz CT molecular complexity index is 435. The van der Waals surface area contributed by atoms with Crippen molar-refractivity contribution in [2.24, 2.45) is 0 Å². The summed E-state index contributed by atoms with van der Waals surface area (Å²) in [6.45, 7) is 12.2. The van der Waals surface area contributed by atoms with Crippen molar-refractivity contribution in [3.8, 4) is 0 Å². The maximum atomic E-state index is 9.32. The molecule has 0 unspecified atom stereocenters. The van der Waals surface area contributed by atoms with E-state index in [4.69, 9.17) is 4.98 Å². The minimum Gasteiger partial charge on any atom is -0.395 e. The molecular weight excluding hydrogens is 264 g/mol. The molecule has 120 valence electrons. The first kappa shape index (κ1) is 17.7. The molecular formula is C16H30N4O. The molecule has 1 aromatic heterocycles. The number of rotatable bonds is 9. The normalized spacial score (nSPS) is 11.0. The van der Waals surface area contributed by atoms with Crippen LogP contribution in [-0.4, -0.2) is 40.8 Å². The molecule has 5 nitrogen and oxygen atoms in total. The molecule has 1 aromatic rings. The third-order valence-corrected chi connectivity index (χ3v) is 3.42. The van der Waals surface area contributed by atoms with Crippen molar-refractivity contribution in [1.82, 2.24) is 9.97 Å². The summed E-state index contributed by atoms with van der Waals surface area (Å²) in [5.74, 6) is 2.74. The Balaban J connectivity index is 3.22. The lowest BCUT2D eigenvalue weighted by Crippen LogP contribution is -2.35. The van der Waals surface area contributed by atoms with Crippen LogP contribution in [0.15, 0.2) is 0 Å². The number of aliphatic hydroxyl groups excluding tert-OH is 1. The van der Waals surface area contributed by atoms with Gasteiger partial charge in [-0.3, -0.25) is 0 Å². The van der Waals surface area contributed by atoms with Crippen molar-refractivity contribution < 1.29 is 5.11 Å². The molecule has 1 heterocycles. The van der Waals surface area contributed by atoms with Gasteiger partial charge in [0.1, 0.15) is 17.5 Å². The highest BCUT2D eigenvalue weighted by Crippen LogP contribution is 2.25. The summed E-state index contributed by atoms with van der Waals surface area (Å²) in [6, 6.07) is 0.291. The van der Waals surface area contributed by atoms with Crippen LogP contribution < -0.4 is 10.2 Å². The Hall–Kier alpha value is -1.36. The van der Waals surface area contributed by atoms with Crippen LogP contribution in [0, 0.1) is 6.92 Å². The highest BCUT2D eigenvalue weighted by molar-refractivity contribution is 5.59. The SMILES string of the molecule is CCCNc1nc(CCC)nc(N(CCO)C(C)C)c1C. The molecule has 5 heteroatoms. The molecule has 0 spiro atoms. The molecule has 0 amide bonds. The van der Waals surface area contributed by atoms with E-state index >= 15 is 0 Å². The second-order valence-electron chi connectivity index (χ2n) is 5.62. The second kappa shape index (κ2) is 8.82. The molecule has 0 radical (unpaired) electrons. The predicted molar refractivity (Wildman–Crippen MR) is 89.1 cm³/mol. The maximum Gasteiger partial charge on any atom is 0.137 e. The van der Waals surface area contributed by atoms with Crippen molar-refractivity contribution in [2.75, 3.05) is 29.9 Å². The summed E-state index contributed by atoms with van der Waals surface area (Å²) in [5.41, 5.74) is 1.06. The highest BCUT2D eigenvalue weighted by atomic mass is 16.3. The van der Waals surface area contributed by atoms with Gasteiger partial charge >= 0.3 is 0 Å². The molecule has 0 saturated carbocycles. The summed E-state index contributed by atoms with van der Waals surface area (Å²) in [6.07, 6.45) is 2.96. The fourth-order valence-electron chi connectivity index (χ4n) is 2.30. The summed E-state index contributed by atoms with van der Waals surface area (Å²) in [4.78, 5) is 11.5. The molecule has 1 rings (SSSR count). The molecule has 0 aliphatic carbocycles. The maximum absolute atomic E-state index is 9.32. The molecule has 0 bridgehead atoms. The molecule has 0 aliphatic rings. The molecule has 0 saturated heterocycles. The number of aryl methyl sites for hydroxylation is 1. The predicted octanol–water partition coefficient (Wildman–Crippen LogP) is 2.77.